The van der Waals surface area contributed by atoms with Gasteiger partial charge >= 0.3 is 0 Å². The van der Waals surface area contributed by atoms with Crippen molar-refractivity contribution in [2.75, 3.05) is 68.0 Å². The van der Waals surface area contributed by atoms with Gasteiger partial charge in [0.15, 0.2) is 5.82 Å². The first-order valence-electron chi connectivity index (χ1n) is 8.98. The number of nitrogens with zero attached hydrogens (tertiary/aromatic N) is 5. The standard InChI is InChI=1S/C16H27N5O3S/c1-2-3-12-25(22,23)21-6-4-19(5-7-21)15-13-16(18-17-14-15)20-8-10-24-11-9-20/h13-14H,2-12H2,1H3. The molecule has 0 amide bonds. The Morgan fingerprint density at radius 3 is 2.48 bits per heavy atom. The van der Waals surface area contributed by atoms with Gasteiger partial charge < -0.3 is 14.5 Å². The summed E-state index contributed by atoms with van der Waals surface area (Å²) in [6.45, 7) is 7.49. The van der Waals surface area contributed by atoms with Crippen molar-refractivity contribution in [1.82, 2.24) is 14.5 Å². The van der Waals surface area contributed by atoms with E-state index in [2.05, 4.69) is 20.0 Å². The summed E-state index contributed by atoms with van der Waals surface area (Å²) >= 11 is 0. The number of anilines is 2. The molecule has 9 heteroatoms. The maximum absolute atomic E-state index is 12.3. The lowest BCUT2D eigenvalue weighted by molar-refractivity contribution is 0.122. The third kappa shape index (κ3) is 4.59. The second kappa shape index (κ2) is 8.29. The van der Waals surface area contributed by atoms with E-state index in [9.17, 15) is 8.42 Å². The lowest BCUT2D eigenvalue weighted by Gasteiger charge is -2.35. The van der Waals surface area contributed by atoms with Gasteiger partial charge in [0, 0.05) is 45.3 Å². The molecule has 0 unspecified atom stereocenters. The molecule has 2 saturated heterocycles. The first kappa shape index (κ1) is 18.3. The first-order chi connectivity index (χ1) is 12.1. The van der Waals surface area contributed by atoms with Gasteiger partial charge in [0.2, 0.25) is 10.0 Å². The highest BCUT2D eigenvalue weighted by Crippen LogP contribution is 2.21. The molecule has 0 aromatic carbocycles. The molecule has 0 aliphatic carbocycles. The molecule has 3 rings (SSSR count). The normalized spacial score (nSPS) is 20.0. The van der Waals surface area contributed by atoms with Crippen molar-refractivity contribution in [1.29, 1.82) is 0 Å². The summed E-state index contributed by atoms with van der Waals surface area (Å²) in [4.78, 5) is 4.36. The zero-order valence-corrected chi connectivity index (χ0v) is 15.6. The predicted molar refractivity (Wildman–Crippen MR) is 97.5 cm³/mol. The smallest absolute Gasteiger partial charge is 0.214 e. The molecule has 0 saturated carbocycles. The van der Waals surface area contributed by atoms with Gasteiger partial charge in [-0.25, -0.2) is 8.42 Å². The number of piperazine rings is 1. The van der Waals surface area contributed by atoms with Crippen molar-refractivity contribution in [3.63, 3.8) is 0 Å². The number of sulfonamides is 1. The van der Waals surface area contributed by atoms with Crippen LogP contribution < -0.4 is 9.80 Å². The molecular weight excluding hydrogens is 342 g/mol. The van der Waals surface area contributed by atoms with Crippen LogP contribution in [0.1, 0.15) is 19.8 Å². The van der Waals surface area contributed by atoms with E-state index >= 15 is 0 Å². The van der Waals surface area contributed by atoms with Crippen LogP contribution in [0, 0.1) is 0 Å². The highest BCUT2D eigenvalue weighted by molar-refractivity contribution is 7.89. The van der Waals surface area contributed by atoms with Crippen molar-refractivity contribution >= 4 is 21.5 Å². The fraction of sp³-hybridized carbons (Fsp3) is 0.750. The molecule has 2 aliphatic rings. The van der Waals surface area contributed by atoms with Crippen molar-refractivity contribution in [3.8, 4) is 0 Å². The molecule has 0 N–H and O–H groups in total. The van der Waals surface area contributed by atoms with Crippen LogP contribution in [0.4, 0.5) is 11.5 Å². The number of hydrogen-bond acceptors (Lipinski definition) is 7. The summed E-state index contributed by atoms with van der Waals surface area (Å²) in [5.41, 5.74) is 1.00. The van der Waals surface area contributed by atoms with E-state index in [0.717, 1.165) is 37.4 Å². The van der Waals surface area contributed by atoms with Gasteiger partial charge in [0.05, 0.1) is 30.9 Å². The number of unbranched alkanes of at least 4 members (excludes halogenated alkanes) is 1. The number of aromatic nitrogens is 2. The van der Waals surface area contributed by atoms with Gasteiger partial charge in [-0.1, -0.05) is 13.3 Å². The summed E-state index contributed by atoms with van der Waals surface area (Å²) in [5, 5.41) is 8.37. The van der Waals surface area contributed by atoms with Crippen molar-refractivity contribution < 1.29 is 13.2 Å². The Balaban J connectivity index is 1.61. The molecule has 0 spiro atoms. The largest absolute Gasteiger partial charge is 0.378 e. The van der Waals surface area contributed by atoms with Crippen LogP contribution in [0.2, 0.25) is 0 Å². The number of hydrogen-bond donors (Lipinski definition) is 0. The summed E-state index contributed by atoms with van der Waals surface area (Å²) in [7, 11) is -3.12. The average molecular weight is 369 g/mol. The summed E-state index contributed by atoms with van der Waals surface area (Å²) in [6, 6.07) is 2.04. The summed E-state index contributed by atoms with van der Waals surface area (Å²) in [6.07, 6.45) is 3.37. The second-order valence-electron chi connectivity index (χ2n) is 6.43. The van der Waals surface area contributed by atoms with E-state index in [0.29, 0.717) is 39.4 Å². The molecule has 2 aliphatic heterocycles. The van der Waals surface area contributed by atoms with Crippen LogP contribution in [0.5, 0.6) is 0 Å². The van der Waals surface area contributed by atoms with E-state index in [1.807, 2.05) is 13.0 Å². The Hall–Kier alpha value is -1.45. The Bertz CT molecular complexity index is 655. The van der Waals surface area contributed by atoms with Gasteiger partial charge in [-0.15, -0.1) is 5.10 Å². The quantitative estimate of drug-likeness (QED) is 0.725. The maximum Gasteiger partial charge on any atom is 0.214 e. The molecule has 140 valence electrons. The molecule has 1 aromatic rings. The SMILES string of the molecule is CCCCS(=O)(=O)N1CCN(c2cnnc(N3CCOCC3)c2)CC1. The zero-order valence-electron chi connectivity index (χ0n) is 14.8. The van der Waals surface area contributed by atoms with Crippen LogP contribution in [-0.4, -0.2) is 81.2 Å². The second-order valence-corrected chi connectivity index (χ2v) is 8.52. The monoisotopic (exact) mass is 369 g/mol. The Kier molecular flexibility index (Phi) is 6.08. The van der Waals surface area contributed by atoms with E-state index < -0.39 is 10.0 Å². The fourth-order valence-corrected chi connectivity index (χ4v) is 4.78. The minimum absolute atomic E-state index is 0.251. The number of morpholine rings is 1. The van der Waals surface area contributed by atoms with Crippen molar-refractivity contribution in [2.45, 2.75) is 19.8 Å². The lowest BCUT2D eigenvalue weighted by Crippen LogP contribution is -2.49. The maximum atomic E-state index is 12.3. The number of ether oxygens (including phenoxy) is 1. The third-order valence-electron chi connectivity index (χ3n) is 4.72. The summed E-state index contributed by atoms with van der Waals surface area (Å²) in [5.74, 6) is 1.11. The van der Waals surface area contributed by atoms with Gasteiger partial charge in [0.1, 0.15) is 0 Å². The molecule has 25 heavy (non-hydrogen) atoms. The molecule has 0 bridgehead atoms. The third-order valence-corrected chi connectivity index (χ3v) is 6.67. The molecular formula is C16H27N5O3S. The molecule has 8 nitrogen and oxygen atoms in total. The Morgan fingerprint density at radius 2 is 1.80 bits per heavy atom. The lowest BCUT2D eigenvalue weighted by atomic mass is 10.3. The average Bonchev–Trinajstić information content (AvgIpc) is 2.67. The predicted octanol–water partition coefficient (Wildman–Crippen LogP) is 0.565. The van der Waals surface area contributed by atoms with Crippen LogP contribution in [0.15, 0.2) is 12.3 Å². The van der Waals surface area contributed by atoms with E-state index in [1.54, 1.807) is 10.5 Å². The van der Waals surface area contributed by atoms with Gasteiger partial charge in [0.25, 0.3) is 0 Å². The Morgan fingerprint density at radius 1 is 1.08 bits per heavy atom. The van der Waals surface area contributed by atoms with Crippen LogP contribution >= 0.6 is 0 Å². The molecule has 1 aromatic heterocycles. The van der Waals surface area contributed by atoms with Crippen LogP contribution in [0.25, 0.3) is 0 Å². The Labute approximate surface area is 149 Å². The van der Waals surface area contributed by atoms with Gasteiger partial charge in [-0.3, -0.25) is 0 Å². The van der Waals surface area contributed by atoms with Crippen molar-refractivity contribution in [3.05, 3.63) is 12.3 Å². The van der Waals surface area contributed by atoms with E-state index in [4.69, 9.17) is 4.74 Å². The molecule has 3 heterocycles. The van der Waals surface area contributed by atoms with E-state index in [1.165, 1.54) is 0 Å². The highest BCUT2D eigenvalue weighted by Gasteiger charge is 2.27. The highest BCUT2D eigenvalue weighted by atomic mass is 32.2. The van der Waals surface area contributed by atoms with Crippen molar-refractivity contribution in [2.24, 2.45) is 0 Å². The minimum Gasteiger partial charge on any atom is -0.378 e. The number of rotatable bonds is 6. The minimum atomic E-state index is -3.12. The van der Waals surface area contributed by atoms with Gasteiger partial charge in [-0.05, 0) is 6.42 Å². The van der Waals surface area contributed by atoms with Crippen LogP contribution in [-0.2, 0) is 14.8 Å². The summed E-state index contributed by atoms with van der Waals surface area (Å²) < 4.78 is 31.6. The van der Waals surface area contributed by atoms with E-state index in [-0.39, 0.29) is 5.75 Å². The fourth-order valence-electron chi connectivity index (χ4n) is 3.15. The zero-order chi connectivity index (χ0) is 17.7. The topological polar surface area (TPSA) is 78.9 Å². The molecule has 0 radical (unpaired) electrons. The van der Waals surface area contributed by atoms with Gasteiger partial charge in [-0.2, -0.15) is 9.40 Å². The van der Waals surface area contributed by atoms with Crippen LogP contribution in [0.3, 0.4) is 0 Å². The molecule has 0 atom stereocenters. The molecule has 2 fully saturated rings. The first-order valence-corrected chi connectivity index (χ1v) is 10.6.